The SMILES string of the molecule is Cc1cc(C(O)=C2CC2)cc(NC(=O)C(C)(C)O)n1. The van der Waals surface area contributed by atoms with Gasteiger partial charge in [0.05, 0.1) is 0 Å². The Morgan fingerprint density at radius 3 is 2.53 bits per heavy atom. The number of aliphatic hydroxyl groups is 2. The zero-order valence-corrected chi connectivity index (χ0v) is 11.3. The van der Waals surface area contributed by atoms with Gasteiger partial charge in [0.25, 0.3) is 5.91 Å². The molecule has 0 spiro atoms. The van der Waals surface area contributed by atoms with Gasteiger partial charge in [-0.2, -0.15) is 0 Å². The van der Waals surface area contributed by atoms with Gasteiger partial charge in [-0.15, -0.1) is 0 Å². The van der Waals surface area contributed by atoms with E-state index in [0.717, 1.165) is 18.4 Å². The number of aromatic nitrogens is 1. The summed E-state index contributed by atoms with van der Waals surface area (Å²) in [6.45, 7) is 4.60. The van der Waals surface area contributed by atoms with E-state index in [0.29, 0.717) is 17.1 Å². The van der Waals surface area contributed by atoms with Crippen LogP contribution in [0.15, 0.2) is 17.7 Å². The second-order valence-corrected chi connectivity index (χ2v) is 5.35. The van der Waals surface area contributed by atoms with Crippen molar-refractivity contribution in [1.29, 1.82) is 0 Å². The second-order valence-electron chi connectivity index (χ2n) is 5.35. The lowest BCUT2D eigenvalue weighted by molar-refractivity contribution is -0.130. The molecule has 102 valence electrons. The molecule has 1 amide bonds. The highest BCUT2D eigenvalue weighted by atomic mass is 16.3. The maximum atomic E-state index is 11.7. The second kappa shape index (κ2) is 4.66. The highest BCUT2D eigenvalue weighted by Gasteiger charge is 2.25. The summed E-state index contributed by atoms with van der Waals surface area (Å²) in [6.07, 6.45) is 1.83. The molecule has 1 aliphatic carbocycles. The van der Waals surface area contributed by atoms with Crippen LogP contribution in [0.2, 0.25) is 0 Å². The average Bonchev–Trinajstić information content (AvgIpc) is 3.09. The number of aryl methyl sites for hydroxylation is 1. The number of hydrogen-bond acceptors (Lipinski definition) is 4. The van der Waals surface area contributed by atoms with Crippen LogP contribution in [0.3, 0.4) is 0 Å². The number of anilines is 1. The van der Waals surface area contributed by atoms with E-state index in [4.69, 9.17) is 0 Å². The molecule has 0 saturated heterocycles. The van der Waals surface area contributed by atoms with Crippen LogP contribution in [-0.4, -0.2) is 26.7 Å². The molecule has 1 aromatic heterocycles. The predicted molar refractivity (Wildman–Crippen MR) is 72.7 cm³/mol. The number of allylic oxidation sites excluding steroid dienone is 1. The number of nitrogens with zero attached hydrogens (tertiary/aromatic N) is 1. The van der Waals surface area contributed by atoms with E-state index in [2.05, 4.69) is 10.3 Å². The summed E-state index contributed by atoms with van der Waals surface area (Å²) in [4.78, 5) is 15.9. The van der Waals surface area contributed by atoms with Gasteiger partial charge >= 0.3 is 0 Å². The molecule has 0 aliphatic heterocycles. The number of carbonyl (C=O) groups excluding carboxylic acids is 1. The number of rotatable bonds is 3. The van der Waals surface area contributed by atoms with Crippen molar-refractivity contribution in [3.63, 3.8) is 0 Å². The standard InChI is InChI=1S/C14H18N2O3/c1-8-6-10(12(17)9-4-5-9)7-11(15-8)16-13(18)14(2,3)19/h6-7,17,19H,4-5H2,1-3H3,(H,15,16,18). The van der Waals surface area contributed by atoms with Gasteiger partial charge < -0.3 is 15.5 Å². The number of amides is 1. The minimum absolute atomic E-state index is 0.268. The predicted octanol–water partition coefficient (Wildman–Crippen LogP) is 2.16. The van der Waals surface area contributed by atoms with E-state index in [1.165, 1.54) is 13.8 Å². The summed E-state index contributed by atoms with van der Waals surface area (Å²) in [5.41, 5.74) is 0.885. The molecular formula is C14H18N2O3. The van der Waals surface area contributed by atoms with E-state index >= 15 is 0 Å². The van der Waals surface area contributed by atoms with E-state index < -0.39 is 11.5 Å². The minimum Gasteiger partial charge on any atom is -0.507 e. The zero-order chi connectivity index (χ0) is 14.2. The molecule has 1 saturated carbocycles. The lowest BCUT2D eigenvalue weighted by atomic mass is 10.1. The summed E-state index contributed by atoms with van der Waals surface area (Å²) >= 11 is 0. The molecule has 2 rings (SSSR count). The first-order chi connectivity index (χ1) is 8.77. The molecule has 19 heavy (non-hydrogen) atoms. The van der Waals surface area contributed by atoms with Crippen molar-refractivity contribution < 1.29 is 15.0 Å². The quantitative estimate of drug-likeness (QED) is 0.729. The number of nitrogens with one attached hydrogen (secondary N) is 1. The third kappa shape index (κ3) is 3.32. The molecule has 0 atom stereocenters. The summed E-state index contributed by atoms with van der Waals surface area (Å²) in [7, 11) is 0. The normalized spacial score (nSPS) is 14.2. The third-order valence-corrected chi connectivity index (χ3v) is 2.86. The first-order valence-corrected chi connectivity index (χ1v) is 6.21. The number of aliphatic hydroxyl groups excluding tert-OH is 1. The average molecular weight is 262 g/mol. The summed E-state index contributed by atoms with van der Waals surface area (Å²) in [5.74, 6) is 0.0642. The van der Waals surface area contributed by atoms with E-state index in [1.807, 2.05) is 0 Å². The molecule has 1 heterocycles. The Morgan fingerprint density at radius 1 is 1.37 bits per heavy atom. The summed E-state index contributed by atoms with van der Waals surface area (Å²) in [6, 6.07) is 3.37. The molecule has 5 heteroatoms. The fourth-order valence-electron chi connectivity index (χ4n) is 1.64. The fraction of sp³-hybridized carbons (Fsp3) is 0.429. The van der Waals surface area contributed by atoms with Crippen LogP contribution in [-0.2, 0) is 4.79 Å². The molecule has 0 radical (unpaired) electrons. The number of carbonyl (C=O) groups is 1. The first-order valence-electron chi connectivity index (χ1n) is 6.21. The van der Waals surface area contributed by atoms with Crippen LogP contribution < -0.4 is 5.32 Å². The Balaban J connectivity index is 2.27. The van der Waals surface area contributed by atoms with Crippen molar-refractivity contribution in [1.82, 2.24) is 4.98 Å². The molecule has 1 aliphatic rings. The van der Waals surface area contributed by atoms with Crippen LogP contribution in [0.4, 0.5) is 5.82 Å². The smallest absolute Gasteiger partial charge is 0.256 e. The van der Waals surface area contributed by atoms with Gasteiger partial charge in [-0.3, -0.25) is 4.79 Å². The first kappa shape index (κ1) is 13.5. The van der Waals surface area contributed by atoms with Crippen LogP contribution in [0, 0.1) is 6.92 Å². The summed E-state index contributed by atoms with van der Waals surface area (Å²) < 4.78 is 0. The molecule has 1 aromatic rings. The van der Waals surface area contributed by atoms with Crippen molar-refractivity contribution in [2.45, 2.75) is 39.2 Å². The van der Waals surface area contributed by atoms with E-state index in [-0.39, 0.29) is 5.76 Å². The Morgan fingerprint density at radius 2 is 2.00 bits per heavy atom. The van der Waals surface area contributed by atoms with Gasteiger partial charge in [-0.05, 0) is 51.3 Å². The van der Waals surface area contributed by atoms with Crippen molar-refractivity contribution in [3.05, 3.63) is 29.0 Å². The van der Waals surface area contributed by atoms with Gasteiger partial charge in [0.15, 0.2) is 0 Å². The molecule has 0 bridgehead atoms. The highest BCUT2D eigenvalue weighted by Crippen LogP contribution is 2.35. The van der Waals surface area contributed by atoms with Crippen molar-refractivity contribution in [2.24, 2.45) is 0 Å². The zero-order valence-electron chi connectivity index (χ0n) is 11.3. The monoisotopic (exact) mass is 262 g/mol. The van der Waals surface area contributed by atoms with Gasteiger partial charge in [-0.1, -0.05) is 0 Å². The van der Waals surface area contributed by atoms with Gasteiger partial charge in [0, 0.05) is 11.3 Å². The van der Waals surface area contributed by atoms with Gasteiger partial charge in [0.1, 0.15) is 17.2 Å². The lowest BCUT2D eigenvalue weighted by Crippen LogP contribution is -2.37. The van der Waals surface area contributed by atoms with Crippen molar-refractivity contribution >= 4 is 17.5 Å². The molecule has 0 unspecified atom stereocenters. The Kier molecular flexibility index (Phi) is 3.32. The third-order valence-electron chi connectivity index (χ3n) is 2.86. The van der Waals surface area contributed by atoms with Crippen LogP contribution in [0.5, 0.6) is 0 Å². The largest absolute Gasteiger partial charge is 0.507 e. The maximum absolute atomic E-state index is 11.7. The maximum Gasteiger partial charge on any atom is 0.256 e. The van der Waals surface area contributed by atoms with Crippen LogP contribution >= 0.6 is 0 Å². The van der Waals surface area contributed by atoms with Crippen LogP contribution in [0.25, 0.3) is 5.76 Å². The molecular weight excluding hydrogens is 244 g/mol. The Bertz CT molecular complexity index is 550. The van der Waals surface area contributed by atoms with E-state index in [1.54, 1.807) is 19.1 Å². The highest BCUT2D eigenvalue weighted by molar-refractivity contribution is 5.96. The van der Waals surface area contributed by atoms with Crippen LogP contribution in [0.1, 0.15) is 37.9 Å². The number of hydrogen-bond donors (Lipinski definition) is 3. The topological polar surface area (TPSA) is 82.5 Å². The van der Waals surface area contributed by atoms with Gasteiger partial charge in [0.2, 0.25) is 0 Å². The molecule has 0 aromatic carbocycles. The minimum atomic E-state index is -1.47. The van der Waals surface area contributed by atoms with Crippen molar-refractivity contribution in [2.75, 3.05) is 5.32 Å². The molecule has 5 nitrogen and oxygen atoms in total. The Labute approximate surface area is 112 Å². The Hall–Kier alpha value is -1.88. The summed E-state index contributed by atoms with van der Waals surface area (Å²) in [5, 5.41) is 22.1. The van der Waals surface area contributed by atoms with E-state index in [9.17, 15) is 15.0 Å². The number of pyridine rings is 1. The lowest BCUT2D eigenvalue weighted by Gasteiger charge is -2.16. The molecule has 1 fully saturated rings. The van der Waals surface area contributed by atoms with Gasteiger partial charge in [-0.25, -0.2) is 4.98 Å². The molecule has 3 N–H and O–H groups in total. The fourth-order valence-corrected chi connectivity index (χ4v) is 1.64. The van der Waals surface area contributed by atoms with Crippen molar-refractivity contribution in [3.8, 4) is 0 Å².